The van der Waals surface area contributed by atoms with Crippen molar-refractivity contribution >= 4 is 17.3 Å². The number of ether oxygens (including phenoxy) is 3. The molecule has 0 radical (unpaired) electrons. The molecule has 0 aliphatic carbocycles. The van der Waals surface area contributed by atoms with Crippen molar-refractivity contribution in [3.63, 3.8) is 0 Å². The molecule has 3 aromatic rings. The lowest BCUT2D eigenvalue weighted by atomic mass is 10.1. The van der Waals surface area contributed by atoms with Gasteiger partial charge in [-0.15, -0.1) is 0 Å². The van der Waals surface area contributed by atoms with Gasteiger partial charge < -0.3 is 24.8 Å². The number of anilines is 2. The number of carbonyl (C=O) groups is 1. The maximum Gasteiger partial charge on any atom is 0.262 e. The van der Waals surface area contributed by atoms with Crippen molar-refractivity contribution in [1.82, 2.24) is 0 Å². The van der Waals surface area contributed by atoms with Gasteiger partial charge in [0, 0.05) is 17.9 Å². The van der Waals surface area contributed by atoms with Gasteiger partial charge in [0.1, 0.15) is 5.75 Å². The third-order valence-electron chi connectivity index (χ3n) is 4.98. The summed E-state index contributed by atoms with van der Waals surface area (Å²) in [6.45, 7) is 9.55. The van der Waals surface area contributed by atoms with Gasteiger partial charge in [0.25, 0.3) is 5.91 Å². The van der Waals surface area contributed by atoms with Crippen molar-refractivity contribution in [2.24, 2.45) is 0 Å². The maximum absolute atomic E-state index is 12.4. The third-order valence-corrected chi connectivity index (χ3v) is 4.98. The summed E-state index contributed by atoms with van der Waals surface area (Å²) in [5.41, 5.74) is 5.00. The molecule has 33 heavy (non-hydrogen) atoms. The minimum Gasteiger partial charge on any atom is -0.494 e. The van der Waals surface area contributed by atoms with Gasteiger partial charge in [-0.3, -0.25) is 4.79 Å². The number of amides is 1. The molecular weight excluding hydrogens is 416 g/mol. The van der Waals surface area contributed by atoms with Crippen molar-refractivity contribution in [1.29, 1.82) is 0 Å². The molecule has 3 aromatic carbocycles. The van der Waals surface area contributed by atoms with Crippen LogP contribution in [0.4, 0.5) is 11.4 Å². The minimum atomic E-state index is -0.217. The van der Waals surface area contributed by atoms with E-state index >= 15 is 0 Å². The van der Waals surface area contributed by atoms with E-state index in [1.807, 2.05) is 88.4 Å². The van der Waals surface area contributed by atoms with Crippen LogP contribution in [0, 0.1) is 13.8 Å². The second-order valence-corrected chi connectivity index (χ2v) is 7.68. The number of aryl methyl sites for hydroxylation is 2. The fourth-order valence-corrected chi connectivity index (χ4v) is 3.37. The standard InChI is InChI=1S/C27H32N2O4/c1-5-31-23-11-9-22(10-12-23)28-17-21-8-14-25(26(16-21)32-6-2)33-18-27(30)29-24-13-7-19(3)15-20(24)4/h7-16,28H,5-6,17-18H2,1-4H3,(H,29,30). The van der Waals surface area contributed by atoms with E-state index in [-0.39, 0.29) is 12.5 Å². The molecule has 3 rings (SSSR count). The van der Waals surface area contributed by atoms with Gasteiger partial charge in [0.05, 0.1) is 13.2 Å². The summed E-state index contributed by atoms with van der Waals surface area (Å²) in [4.78, 5) is 12.4. The summed E-state index contributed by atoms with van der Waals surface area (Å²) in [7, 11) is 0. The number of hydrogen-bond acceptors (Lipinski definition) is 5. The molecule has 0 unspecified atom stereocenters. The molecule has 6 nitrogen and oxygen atoms in total. The first-order valence-corrected chi connectivity index (χ1v) is 11.2. The van der Waals surface area contributed by atoms with Gasteiger partial charge in [-0.25, -0.2) is 0 Å². The molecule has 0 saturated heterocycles. The van der Waals surface area contributed by atoms with E-state index in [4.69, 9.17) is 14.2 Å². The second-order valence-electron chi connectivity index (χ2n) is 7.68. The zero-order chi connectivity index (χ0) is 23.6. The molecule has 0 heterocycles. The summed E-state index contributed by atoms with van der Waals surface area (Å²) < 4.78 is 17.0. The van der Waals surface area contributed by atoms with Gasteiger partial charge >= 0.3 is 0 Å². The van der Waals surface area contributed by atoms with E-state index in [1.165, 1.54) is 0 Å². The Balaban J connectivity index is 1.58. The molecule has 0 fully saturated rings. The normalized spacial score (nSPS) is 10.4. The fourth-order valence-electron chi connectivity index (χ4n) is 3.37. The van der Waals surface area contributed by atoms with Gasteiger partial charge in [0.2, 0.25) is 0 Å². The number of hydrogen-bond donors (Lipinski definition) is 2. The Morgan fingerprint density at radius 1 is 0.818 bits per heavy atom. The lowest BCUT2D eigenvalue weighted by molar-refractivity contribution is -0.118. The highest BCUT2D eigenvalue weighted by Gasteiger charge is 2.11. The van der Waals surface area contributed by atoms with Crippen molar-refractivity contribution in [3.05, 3.63) is 77.4 Å². The van der Waals surface area contributed by atoms with Gasteiger partial charge in [-0.2, -0.15) is 0 Å². The highest BCUT2D eigenvalue weighted by atomic mass is 16.5. The average Bonchev–Trinajstić information content (AvgIpc) is 2.80. The van der Waals surface area contributed by atoms with Crippen LogP contribution < -0.4 is 24.8 Å². The number of rotatable bonds is 11. The molecule has 174 valence electrons. The summed E-state index contributed by atoms with van der Waals surface area (Å²) in [6.07, 6.45) is 0. The molecule has 6 heteroatoms. The summed E-state index contributed by atoms with van der Waals surface area (Å²) in [5.74, 6) is 1.79. The topological polar surface area (TPSA) is 68.8 Å². The highest BCUT2D eigenvalue weighted by molar-refractivity contribution is 5.92. The second kappa shape index (κ2) is 11.8. The van der Waals surface area contributed by atoms with Crippen LogP contribution in [-0.4, -0.2) is 25.7 Å². The average molecular weight is 449 g/mol. The van der Waals surface area contributed by atoms with E-state index in [0.717, 1.165) is 33.8 Å². The Morgan fingerprint density at radius 2 is 1.58 bits per heavy atom. The largest absolute Gasteiger partial charge is 0.494 e. The van der Waals surface area contributed by atoms with Crippen LogP contribution in [0.2, 0.25) is 0 Å². The molecule has 1 amide bonds. The van der Waals surface area contributed by atoms with E-state index in [2.05, 4.69) is 10.6 Å². The highest BCUT2D eigenvalue weighted by Crippen LogP contribution is 2.29. The SMILES string of the molecule is CCOc1ccc(NCc2ccc(OCC(=O)Nc3ccc(C)cc3C)c(OCC)c2)cc1. The van der Waals surface area contributed by atoms with Crippen LogP contribution in [0.1, 0.15) is 30.5 Å². The van der Waals surface area contributed by atoms with Crippen LogP contribution in [0.15, 0.2) is 60.7 Å². The zero-order valence-electron chi connectivity index (χ0n) is 19.7. The van der Waals surface area contributed by atoms with Gasteiger partial charge in [0.15, 0.2) is 18.1 Å². The first-order chi connectivity index (χ1) is 16.0. The Labute approximate surface area is 195 Å². The van der Waals surface area contributed by atoms with Crippen LogP contribution in [-0.2, 0) is 11.3 Å². The monoisotopic (exact) mass is 448 g/mol. The smallest absolute Gasteiger partial charge is 0.262 e. The van der Waals surface area contributed by atoms with E-state index in [1.54, 1.807) is 0 Å². The van der Waals surface area contributed by atoms with Crippen LogP contribution in [0.5, 0.6) is 17.2 Å². The molecular formula is C27H32N2O4. The molecule has 0 spiro atoms. The fraction of sp³-hybridized carbons (Fsp3) is 0.296. The molecule has 0 aliphatic rings. The van der Waals surface area contributed by atoms with Crippen LogP contribution in [0.25, 0.3) is 0 Å². The predicted molar refractivity (Wildman–Crippen MR) is 133 cm³/mol. The van der Waals surface area contributed by atoms with E-state index in [0.29, 0.717) is 31.3 Å². The molecule has 0 atom stereocenters. The van der Waals surface area contributed by atoms with Crippen molar-refractivity contribution < 1.29 is 19.0 Å². The lowest BCUT2D eigenvalue weighted by Gasteiger charge is -2.15. The van der Waals surface area contributed by atoms with Crippen molar-refractivity contribution in [2.45, 2.75) is 34.2 Å². The number of benzene rings is 3. The Kier molecular flexibility index (Phi) is 8.58. The number of nitrogens with one attached hydrogen (secondary N) is 2. The molecule has 0 aliphatic heterocycles. The van der Waals surface area contributed by atoms with Gasteiger partial charge in [-0.1, -0.05) is 23.8 Å². The maximum atomic E-state index is 12.4. The van der Waals surface area contributed by atoms with Crippen molar-refractivity contribution in [3.8, 4) is 17.2 Å². The minimum absolute atomic E-state index is 0.100. The molecule has 0 saturated carbocycles. The van der Waals surface area contributed by atoms with Crippen LogP contribution >= 0.6 is 0 Å². The number of carbonyl (C=O) groups excluding carboxylic acids is 1. The van der Waals surface area contributed by atoms with Crippen molar-refractivity contribution in [2.75, 3.05) is 30.5 Å². The Morgan fingerprint density at radius 3 is 2.27 bits per heavy atom. The Hall–Kier alpha value is -3.67. The summed E-state index contributed by atoms with van der Waals surface area (Å²) >= 11 is 0. The summed E-state index contributed by atoms with van der Waals surface area (Å²) in [5, 5.41) is 6.29. The molecule has 0 aromatic heterocycles. The zero-order valence-corrected chi connectivity index (χ0v) is 19.7. The molecule has 0 bridgehead atoms. The van der Waals surface area contributed by atoms with Gasteiger partial charge in [-0.05, 0) is 81.3 Å². The van der Waals surface area contributed by atoms with E-state index < -0.39 is 0 Å². The third kappa shape index (κ3) is 7.17. The first-order valence-electron chi connectivity index (χ1n) is 11.2. The predicted octanol–water partition coefficient (Wildman–Crippen LogP) is 5.73. The molecule has 2 N–H and O–H groups in total. The summed E-state index contributed by atoms with van der Waals surface area (Å²) in [6, 6.07) is 19.5. The quantitative estimate of drug-likeness (QED) is 0.392. The first kappa shape index (κ1) is 24.0. The van der Waals surface area contributed by atoms with E-state index in [9.17, 15) is 4.79 Å². The van der Waals surface area contributed by atoms with Crippen LogP contribution in [0.3, 0.4) is 0 Å². The Bertz CT molecular complexity index is 1060. The lowest BCUT2D eigenvalue weighted by Crippen LogP contribution is -2.21.